The molecule has 0 aliphatic carbocycles. The van der Waals surface area contributed by atoms with E-state index in [2.05, 4.69) is 25.2 Å². The second-order valence-corrected chi connectivity index (χ2v) is 4.36. The van der Waals surface area contributed by atoms with Gasteiger partial charge in [0.15, 0.2) is 5.82 Å². The second kappa shape index (κ2) is 6.31. The quantitative estimate of drug-likeness (QED) is 0.835. The van der Waals surface area contributed by atoms with Gasteiger partial charge in [0, 0.05) is 19.5 Å². The third kappa shape index (κ3) is 3.52. The Morgan fingerprint density at radius 2 is 2.05 bits per heavy atom. The summed E-state index contributed by atoms with van der Waals surface area (Å²) in [5.74, 6) is 1.13. The summed E-state index contributed by atoms with van der Waals surface area (Å²) in [6.07, 6.45) is 2.74. The molecule has 1 saturated heterocycles. The summed E-state index contributed by atoms with van der Waals surface area (Å²) in [6.45, 7) is 4.01. The smallest absolute Gasteiger partial charge is 0.321 e. The fourth-order valence-corrected chi connectivity index (χ4v) is 1.92. The van der Waals surface area contributed by atoms with Gasteiger partial charge in [-0.25, -0.2) is 0 Å². The number of carbonyl (C=O) groups excluding carboxylic acids is 1. The zero-order valence-corrected chi connectivity index (χ0v) is 11.3. The lowest BCUT2D eigenvalue weighted by atomic mass is 10.4. The van der Waals surface area contributed by atoms with Gasteiger partial charge < -0.3 is 15.0 Å². The Balaban J connectivity index is 2.13. The monoisotopic (exact) mass is 265 g/mol. The summed E-state index contributed by atoms with van der Waals surface area (Å²) in [7, 11) is 1.53. The third-order valence-corrected chi connectivity index (χ3v) is 2.99. The van der Waals surface area contributed by atoms with E-state index < -0.39 is 0 Å². The Bertz CT molecular complexity index is 446. The summed E-state index contributed by atoms with van der Waals surface area (Å²) in [6, 6.07) is 0.289. The van der Waals surface area contributed by atoms with Crippen molar-refractivity contribution in [3.8, 4) is 6.01 Å². The first-order chi connectivity index (χ1) is 9.22. The molecule has 1 aromatic rings. The minimum Gasteiger partial charge on any atom is -0.467 e. The van der Waals surface area contributed by atoms with Gasteiger partial charge in [0.2, 0.25) is 11.9 Å². The first kappa shape index (κ1) is 13.5. The number of ether oxygens (including phenoxy) is 1. The van der Waals surface area contributed by atoms with Crippen LogP contribution in [0.5, 0.6) is 6.01 Å². The van der Waals surface area contributed by atoms with E-state index in [1.807, 2.05) is 0 Å². The first-order valence-corrected chi connectivity index (χ1v) is 6.53. The molecule has 1 aliphatic rings. The summed E-state index contributed by atoms with van der Waals surface area (Å²) in [5.41, 5.74) is 0. The van der Waals surface area contributed by atoms with Crippen molar-refractivity contribution >= 4 is 11.9 Å². The Morgan fingerprint density at radius 1 is 1.32 bits per heavy atom. The van der Waals surface area contributed by atoms with Crippen LogP contribution in [0.1, 0.15) is 32.0 Å². The summed E-state index contributed by atoms with van der Waals surface area (Å²) in [4.78, 5) is 26.1. The molecule has 0 spiro atoms. The van der Waals surface area contributed by atoms with Crippen molar-refractivity contribution in [2.45, 2.75) is 32.7 Å². The molecular weight excluding hydrogens is 246 g/mol. The topological polar surface area (TPSA) is 80.2 Å². The van der Waals surface area contributed by atoms with Crippen LogP contribution in [0.25, 0.3) is 0 Å². The number of anilines is 1. The number of methoxy groups -OCH3 is 1. The Hall–Kier alpha value is -1.92. The minimum atomic E-state index is -0.0258. The maximum Gasteiger partial charge on any atom is 0.321 e. The largest absolute Gasteiger partial charge is 0.467 e. The predicted molar refractivity (Wildman–Crippen MR) is 70.0 cm³/mol. The zero-order valence-electron chi connectivity index (χ0n) is 11.3. The number of nitrogens with one attached hydrogen (secondary N) is 1. The molecule has 19 heavy (non-hydrogen) atoms. The molecule has 0 unspecified atom stereocenters. The molecule has 1 N–H and O–H groups in total. The molecule has 0 radical (unpaired) electrons. The molecule has 7 heteroatoms. The molecule has 0 aromatic carbocycles. The molecule has 2 rings (SSSR count). The van der Waals surface area contributed by atoms with Crippen LogP contribution in [0.15, 0.2) is 0 Å². The van der Waals surface area contributed by atoms with Gasteiger partial charge in [0.05, 0.1) is 13.7 Å². The van der Waals surface area contributed by atoms with E-state index >= 15 is 0 Å². The summed E-state index contributed by atoms with van der Waals surface area (Å²) in [5, 5.41) is 2.75. The molecule has 1 aliphatic heterocycles. The van der Waals surface area contributed by atoms with Crippen molar-refractivity contribution in [2.75, 3.05) is 25.1 Å². The van der Waals surface area contributed by atoms with Crippen LogP contribution in [0, 0.1) is 0 Å². The van der Waals surface area contributed by atoms with Gasteiger partial charge >= 0.3 is 6.01 Å². The number of aromatic nitrogens is 3. The molecular formula is C12H19N5O2. The van der Waals surface area contributed by atoms with Gasteiger partial charge in [-0.2, -0.15) is 15.0 Å². The molecule has 0 saturated carbocycles. The molecule has 7 nitrogen and oxygen atoms in total. The van der Waals surface area contributed by atoms with Crippen LogP contribution >= 0.6 is 0 Å². The van der Waals surface area contributed by atoms with Crippen molar-refractivity contribution in [1.29, 1.82) is 0 Å². The Kier molecular flexibility index (Phi) is 4.48. The van der Waals surface area contributed by atoms with Gasteiger partial charge in [-0.3, -0.25) is 4.79 Å². The second-order valence-electron chi connectivity index (χ2n) is 4.36. The van der Waals surface area contributed by atoms with Gasteiger partial charge in [-0.15, -0.1) is 0 Å². The van der Waals surface area contributed by atoms with Crippen LogP contribution in [0.3, 0.4) is 0 Å². The fourth-order valence-electron chi connectivity index (χ4n) is 1.92. The number of nitrogens with zero attached hydrogens (tertiary/aromatic N) is 4. The number of carbonyl (C=O) groups is 1. The highest BCUT2D eigenvalue weighted by atomic mass is 16.5. The maximum atomic E-state index is 11.3. The number of hydrogen-bond acceptors (Lipinski definition) is 6. The van der Waals surface area contributed by atoms with Crippen molar-refractivity contribution in [3.05, 3.63) is 5.82 Å². The highest BCUT2D eigenvalue weighted by Gasteiger charge is 2.17. The van der Waals surface area contributed by atoms with E-state index in [0.717, 1.165) is 25.9 Å². The van der Waals surface area contributed by atoms with E-state index in [4.69, 9.17) is 4.74 Å². The van der Waals surface area contributed by atoms with Crippen LogP contribution < -0.4 is 15.0 Å². The van der Waals surface area contributed by atoms with Crippen molar-refractivity contribution < 1.29 is 9.53 Å². The van der Waals surface area contributed by atoms with Crippen molar-refractivity contribution in [1.82, 2.24) is 20.3 Å². The molecule has 0 bridgehead atoms. The first-order valence-electron chi connectivity index (χ1n) is 6.53. The average Bonchev–Trinajstić information content (AvgIpc) is 2.98. The van der Waals surface area contributed by atoms with Crippen LogP contribution in [0.2, 0.25) is 0 Å². The van der Waals surface area contributed by atoms with E-state index in [1.165, 1.54) is 7.11 Å². The van der Waals surface area contributed by atoms with Crippen LogP contribution in [-0.4, -0.2) is 41.1 Å². The standard InChI is InChI=1S/C12H19N5O2/c1-3-10(18)13-8-9-14-11(16-12(15-9)19-2)17-6-4-5-7-17/h3-8H2,1-2H3,(H,13,18). The maximum absolute atomic E-state index is 11.3. The third-order valence-electron chi connectivity index (χ3n) is 2.99. The van der Waals surface area contributed by atoms with Gasteiger partial charge in [0.1, 0.15) is 0 Å². The van der Waals surface area contributed by atoms with Crippen molar-refractivity contribution in [3.63, 3.8) is 0 Å². The van der Waals surface area contributed by atoms with Crippen LogP contribution in [-0.2, 0) is 11.3 Å². The number of rotatable bonds is 5. The normalized spacial score (nSPS) is 14.5. The Morgan fingerprint density at radius 3 is 2.68 bits per heavy atom. The summed E-state index contributed by atoms with van der Waals surface area (Å²) >= 11 is 0. The van der Waals surface area contributed by atoms with E-state index in [1.54, 1.807) is 6.92 Å². The van der Waals surface area contributed by atoms with Gasteiger partial charge in [0.25, 0.3) is 0 Å². The van der Waals surface area contributed by atoms with Gasteiger partial charge in [-0.1, -0.05) is 6.92 Å². The van der Waals surface area contributed by atoms with Gasteiger partial charge in [-0.05, 0) is 12.8 Å². The van der Waals surface area contributed by atoms with Crippen LogP contribution in [0.4, 0.5) is 5.95 Å². The molecule has 104 valence electrons. The van der Waals surface area contributed by atoms with E-state index in [0.29, 0.717) is 24.7 Å². The highest BCUT2D eigenvalue weighted by Crippen LogP contribution is 2.17. The average molecular weight is 265 g/mol. The number of hydrogen-bond donors (Lipinski definition) is 1. The SMILES string of the molecule is CCC(=O)NCc1nc(OC)nc(N2CCCC2)n1. The summed E-state index contributed by atoms with van der Waals surface area (Å²) < 4.78 is 5.09. The predicted octanol–water partition coefficient (Wildman–Crippen LogP) is 0.507. The zero-order chi connectivity index (χ0) is 13.7. The molecule has 1 aromatic heterocycles. The molecule has 2 heterocycles. The lowest BCUT2D eigenvalue weighted by Gasteiger charge is -2.16. The molecule has 1 fully saturated rings. The number of amides is 1. The van der Waals surface area contributed by atoms with E-state index in [-0.39, 0.29) is 11.9 Å². The minimum absolute atomic E-state index is 0.0258. The molecule has 0 atom stereocenters. The Labute approximate surface area is 112 Å². The lowest BCUT2D eigenvalue weighted by Crippen LogP contribution is -2.25. The molecule has 1 amide bonds. The lowest BCUT2D eigenvalue weighted by molar-refractivity contribution is -0.120. The fraction of sp³-hybridized carbons (Fsp3) is 0.667. The van der Waals surface area contributed by atoms with E-state index in [9.17, 15) is 4.79 Å². The van der Waals surface area contributed by atoms with Crippen molar-refractivity contribution in [2.24, 2.45) is 0 Å². The highest BCUT2D eigenvalue weighted by molar-refractivity contribution is 5.75.